The van der Waals surface area contributed by atoms with Crippen LogP contribution in [-0.2, 0) is 4.74 Å². The summed E-state index contributed by atoms with van der Waals surface area (Å²) >= 11 is 0. The Morgan fingerprint density at radius 1 is 1.38 bits per heavy atom. The molecule has 5 nitrogen and oxygen atoms in total. The highest BCUT2D eigenvalue weighted by Crippen LogP contribution is 2.35. The number of hydrogen-bond donors (Lipinski definition) is 1. The second-order valence-corrected chi connectivity index (χ2v) is 5.26. The van der Waals surface area contributed by atoms with E-state index in [1.807, 2.05) is 24.3 Å². The number of rotatable bonds is 6. The van der Waals surface area contributed by atoms with Crippen LogP contribution < -0.4 is 4.90 Å². The van der Waals surface area contributed by atoms with E-state index in [0.717, 1.165) is 36.0 Å². The number of carboxylic acids is 1. The summed E-state index contributed by atoms with van der Waals surface area (Å²) in [5.74, 6) is -0.0877. The van der Waals surface area contributed by atoms with E-state index >= 15 is 0 Å². The smallest absolute Gasteiger partial charge is 0.337 e. The lowest BCUT2D eigenvalue weighted by Gasteiger charge is -2.25. The van der Waals surface area contributed by atoms with Crippen molar-refractivity contribution in [1.29, 1.82) is 0 Å². The van der Waals surface area contributed by atoms with Crippen LogP contribution in [0.1, 0.15) is 23.2 Å². The Balaban J connectivity index is 2.09. The Morgan fingerprint density at radius 2 is 2.10 bits per heavy atom. The maximum Gasteiger partial charge on any atom is 0.337 e. The van der Waals surface area contributed by atoms with Crippen molar-refractivity contribution in [2.45, 2.75) is 18.9 Å². The number of methoxy groups -OCH3 is 1. The van der Waals surface area contributed by atoms with Gasteiger partial charge in [-0.15, -0.1) is 0 Å². The zero-order valence-corrected chi connectivity index (χ0v) is 12.0. The first-order valence-electron chi connectivity index (χ1n) is 7.09. The lowest BCUT2D eigenvalue weighted by Crippen LogP contribution is -2.30. The van der Waals surface area contributed by atoms with Gasteiger partial charge in [0.2, 0.25) is 0 Å². The van der Waals surface area contributed by atoms with Crippen LogP contribution in [0, 0.1) is 0 Å². The number of pyridine rings is 1. The average molecular weight is 286 g/mol. The topological polar surface area (TPSA) is 62.7 Å². The molecule has 0 aliphatic heterocycles. The molecule has 0 radical (unpaired) electrons. The van der Waals surface area contributed by atoms with E-state index in [-0.39, 0.29) is 5.56 Å². The van der Waals surface area contributed by atoms with E-state index in [4.69, 9.17) is 4.74 Å². The van der Waals surface area contributed by atoms with Crippen molar-refractivity contribution in [3.63, 3.8) is 0 Å². The van der Waals surface area contributed by atoms with Crippen LogP contribution in [0.3, 0.4) is 0 Å². The maximum absolute atomic E-state index is 11.3. The van der Waals surface area contributed by atoms with Crippen LogP contribution >= 0.6 is 0 Å². The standard InChI is InChI=1S/C16H18N2O3/c1-21-9-8-18(11-6-7-11)15-13-5-3-2-4-12(13)14(10-17-15)16(19)20/h2-5,10-11H,6-9H2,1H3,(H,19,20). The van der Waals surface area contributed by atoms with Crippen molar-refractivity contribution < 1.29 is 14.6 Å². The summed E-state index contributed by atoms with van der Waals surface area (Å²) in [6, 6.07) is 8.04. The molecule has 0 bridgehead atoms. The number of ether oxygens (including phenoxy) is 1. The monoisotopic (exact) mass is 286 g/mol. The molecule has 1 aromatic heterocycles. The fourth-order valence-electron chi connectivity index (χ4n) is 2.61. The third-order valence-corrected chi connectivity index (χ3v) is 3.80. The molecule has 110 valence electrons. The number of nitrogens with zero attached hydrogens (tertiary/aromatic N) is 2. The minimum Gasteiger partial charge on any atom is -0.478 e. The van der Waals surface area contributed by atoms with Gasteiger partial charge in [-0.1, -0.05) is 24.3 Å². The minimum absolute atomic E-state index is 0.247. The van der Waals surface area contributed by atoms with E-state index in [9.17, 15) is 9.90 Å². The van der Waals surface area contributed by atoms with Gasteiger partial charge in [0.25, 0.3) is 0 Å². The van der Waals surface area contributed by atoms with Crippen LogP contribution in [0.5, 0.6) is 0 Å². The van der Waals surface area contributed by atoms with Gasteiger partial charge in [-0.2, -0.15) is 0 Å². The molecule has 0 saturated heterocycles. The van der Waals surface area contributed by atoms with Gasteiger partial charge in [0, 0.05) is 36.7 Å². The second-order valence-electron chi connectivity index (χ2n) is 5.26. The van der Waals surface area contributed by atoms with Crippen molar-refractivity contribution in [2.75, 3.05) is 25.2 Å². The number of carbonyl (C=O) groups is 1. The first-order valence-corrected chi connectivity index (χ1v) is 7.09. The quantitative estimate of drug-likeness (QED) is 0.884. The first-order chi connectivity index (χ1) is 10.2. The molecule has 1 heterocycles. The van der Waals surface area contributed by atoms with Crippen LogP contribution in [0.25, 0.3) is 10.8 Å². The van der Waals surface area contributed by atoms with E-state index < -0.39 is 5.97 Å². The molecule has 1 aromatic carbocycles. The van der Waals surface area contributed by atoms with Gasteiger partial charge in [-0.3, -0.25) is 0 Å². The normalized spacial score (nSPS) is 14.3. The number of hydrogen-bond acceptors (Lipinski definition) is 4. The molecule has 1 saturated carbocycles. The van der Waals surface area contributed by atoms with Gasteiger partial charge >= 0.3 is 5.97 Å². The Bertz CT molecular complexity index is 668. The van der Waals surface area contributed by atoms with E-state index in [0.29, 0.717) is 12.6 Å². The molecule has 3 rings (SSSR count). The van der Waals surface area contributed by atoms with Crippen LogP contribution in [0.2, 0.25) is 0 Å². The summed E-state index contributed by atoms with van der Waals surface area (Å²) in [6.07, 6.45) is 3.77. The number of anilines is 1. The maximum atomic E-state index is 11.3. The van der Waals surface area contributed by atoms with E-state index in [2.05, 4.69) is 9.88 Å². The molecule has 1 aliphatic carbocycles. The van der Waals surface area contributed by atoms with Crippen molar-refractivity contribution >= 4 is 22.6 Å². The van der Waals surface area contributed by atoms with Crippen molar-refractivity contribution in [3.8, 4) is 0 Å². The SMILES string of the molecule is COCCN(c1ncc(C(=O)O)c2ccccc12)C1CC1. The summed E-state index contributed by atoms with van der Waals surface area (Å²) in [6.45, 7) is 1.40. The van der Waals surface area contributed by atoms with Gasteiger partial charge in [0.15, 0.2) is 0 Å². The highest BCUT2D eigenvalue weighted by atomic mass is 16.5. The molecule has 0 unspecified atom stereocenters. The molecule has 0 spiro atoms. The highest BCUT2D eigenvalue weighted by molar-refractivity contribution is 6.06. The van der Waals surface area contributed by atoms with E-state index in [1.54, 1.807) is 7.11 Å². The van der Waals surface area contributed by atoms with E-state index in [1.165, 1.54) is 6.20 Å². The third kappa shape index (κ3) is 2.69. The lowest BCUT2D eigenvalue weighted by molar-refractivity contribution is 0.0698. The third-order valence-electron chi connectivity index (χ3n) is 3.80. The van der Waals surface area contributed by atoms with Crippen LogP contribution in [-0.4, -0.2) is 42.4 Å². The number of benzene rings is 1. The van der Waals surface area contributed by atoms with Crippen LogP contribution in [0.4, 0.5) is 5.82 Å². The number of fused-ring (bicyclic) bond motifs is 1. The molecule has 5 heteroatoms. The van der Waals surface area contributed by atoms with Gasteiger partial charge in [-0.25, -0.2) is 9.78 Å². The second kappa shape index (κ2) is 5.69. The molecular formula is C16H18N2O3. The summed E-state index contributed by atoms with van der Waals surface area (Å²) in [5.41, 5.74) is 0.247. The zero-order chi connectivity index (χ0) is 14.8. The zero-order valence-electron chi connectivity index (χ0n) is 12.0. The summed E-state index contributed by atoms with van der Waals surface area (Å²) in [5, 5.41) is 10.9. The lowest BCUT2D eigenvalue weighted by atomic mass is 10.1. The molecular weight excluding hydrogens is 268 g/mol. The minimum atomic E-state index is -0.944. The Hall–Kier alpha value is -2.14. The average Bonchev–Trinajstić information content (AvgIpc) is 3.32. The summed E-state index contributed by atoms with van der Waals surface area (Å²) < 4.78 is 5.18. The highest BCUT2D eigenvalue weighted by Gasteiger charge is 2.31. The van der Waals surface area contributed by atoms with Gasteiger partial charge in [0.05, 0.1) is 12.2 Å². The van der Waals surface area contributed by atoms with Gasteiger partial charge < -0.3 is 14.7 Å². The Morgan fingerprint density at radius 3 is 2.71 bits per heavy atom. The Kier molecular flexibility index (Phi) is 3.75. The summed E-state index contributed by atoms with van der Waals surface area (Å²) in [4.78, 5) is 18.0. The summed E-state index contributed by atoms with van der Waals surface area (Å²) in [7, 11) is 1.68. The molecule has 1 N–H and O–H groups in total. The first kappa shape index (κ1) is 13.8. The van der Waals surface area contributed by atoms with Gasteiger partial charge in [0.1, 0.15) is 5.82 Å². The number of carboxylic acid groups (broad SMARTS) is 1. The largest absolute Gasteiger partial charge is 0.478 e. The van der Waals surface area contributed by atoms with Crippen molar-refractivity contribution in [2.24, 2.45) is 0 Å². The van der Waals surface area contributed by atoms with Crippen molar-refractivity contribution in [1.82, 2.24) is 4.98 Å². The molecule has 1 fully saturated rings. The predicted molar refractivity (Wildman–Crippen MR) is 80.9 cm³/mol. The Labute approximate surface area is 123 Å². The fourth-order valence-corrected chi connectivity index (χ4v) is 2.61. The molecule has 0 atom stereocenters. The number of aromatic nitrogens is 1. The molecule has 21 heavy (non-hydrogen) atoms. The molecule has 0 amide bonds. The molecule has 1 aliphatic rings. The molecule has 2 aromatic rings. The van der Waals surface area contributed by atoms with Gasteiger partial charge in [-0.05, 0) is 12.8 Å². The predicted octanol–water partition coefficient (Wildman–Crippen LogP) is 2.55. The number of aromatic carboxylic acids is 1. The van der Waals surface area contributed by atoms with Crippen LogP contribution in [0.15, 0.2) is 30.5 Å². The van der Waals surface area contributed by atoms with Crippen molar-refractivity contribution in [3.05, 3.63) is 36.0 Å². The fraction of sp³-hybridized carbons (Fsp3) is 0.375.